The smallest absolute Gasteiger partial charge is 0.236 e. The molecule has 39 heavy (non-hydrogen) atoms. The molecule has 2 aliphatic rings. The highest BCUT2D eigenvalue weighted by molar-refractivity contribution is 6.40. The number of aliphatic imine (C=N–C) groups is 2. The SMILES string of the molecule is CC.C\C=C/C=C\C(=C\OCC(CC)CCCC)C/C=C/CC1CCCN(CC2=NCC=CN=C2OC)CC1. The summed E-state index contributed by atoms with van der Waals surface area (Å²) in [6.07, 6.45) is 29.6. The van der Waals surface area contributed by atoms with Gasteiger partial charge < -0.3 is 9.47 Å². The molecule has 0 aromatic heterocycles. The van der Waals surface area contributed by atoms with Crippen molar-refractivity contribution in [3.05, 3.63) is 60.6 Å². The molecule has 2 rings (SSSR count). The molecule has 0 aliphatic carbocycles. The Morgan fingerprint density at radius 1 is 1.15 bits per heavy atom. The molecule has 2 unspecified atom stereocenters. The Bertz CT molecular complexity index is 835. The minimum atomic E-state index is 0.653. The van der Waals surface area contributed by atoms with Gasteiger partial charge in [0.15, 0.2) is 0 Å². The van der Waals surface area contributed by atoms with Gasteiger partial charge >= 0.3 is 0 Å². The number of rotatable bonds is 15. The van der Waals surface area contributed by atoms with Crippen molar-refractivity contribution in [1.29, 1.82) is 0 Å². The van der Waals surface area contributed by atoms with Crippen molar-refractivity contribution in [2.45, 2.75) is 92.4 Å². The normalized spacial score (nSPS) is 19.8. The number of hydrogen-bond acceptors (Lipinski definition) is 5. The summed E-state index contributed by atoms with van der Waals surface area (Å²) in [5.74, 6) is 2.04. The van der Waals surface area contributed by atoms with Gasteiger partial charge in [-0.1, -0.05) is 83.4 Å². The average molecular weight is 540 g/mol. The first-order valence-corrected chi connectivity index (χ1v) is 15.5. The lowest BCUT2D eigenvalue weighted by Gasteiger charge is -2.21. The number of nitrogens with zero attached hydrogens (tertiary/aromatic N) is 3. The van der Waals surface area contributed by atoms with E-state index >= 15 is 0 Å². The summed E-state index contributed by atoms with van der Waals surface area (Å²) in [6.45, 7) is 15.1. The molecule has 0 aromatic rings. The van der Waals surface area contributed by atoms with Gasteiger partial charge in [-0.2, -0.15) is 0 Å². The number of unbranched alkanes of at least 4 members (excludes halogenated alkanes) is 1. The molecule has 1 fully saturated rings. The first-order valence-electron chi connectivity index (χ1n) is 15.5. The second kappa shape index (κ2) is 23.5. The van der Waals surface area contributed by atoms with Crippen molar-refractivity contribution in [3.8, 4) is 0 Å². The second-order valence-corrected chi connectivity index (χ2v) is 10.1. The molecular formula is C34H57N3O2. The van der Waals surface area contributed by atoms with Gasteiger partial charge in [0.05, 0.1) is 26.5 Å². The summed E-state index contributed by atoms with van der Waals surface area (Å²) in [5.41, 5.74) is 2.19. The first-order chi connectivity index (χ1) is 19.2. The van der Waals surface area contributed by atoms with Gasteiger partial charge in [-0.05, 0) is 82.0 Å². The predicted octanol–water partition coefficient (Wildman–Crippen LogP) is 8.71. The van der Waals surface area contributed by atoms with Crippen molar-refractivity contribution >= 4 is 11.6 Å². The van der Waals surface area contributed by atoms with E-state index in [0.717, 1.165) is 50.7 Å². The van der Waals surface area contributed by atoms with Gasteiger partial charge in [0.1, 0.15) is 5.71 Å². The molecular weight excluding hydrogens is 482 g/mol. The van der Waals surface area contributed by atoms with Crippen molar-refractivity contribution < 1.29 is 9.47 Å². The quantitative estimate of drug-likeness (QED) is 0.119. The van der Waals surface area contributed by atoms with Crippen molar-refractivity contribution in [1.82, 2.24) is 4.90 Å². The zero-order chi connectivity index (χ0) is 28.6. The third-order valence-electron chi connectivity index (χ3n) is 7.15. The van der Waals surface area contributed by atoms with E-state index in [4.69, 9.17) is 9.47 Å². The molecule has 0 aromatic carbocycles. The van der Waals surface area contributed by atoms with Crippen LogP contribution in [0, 0.1) is 11.8 Å². The number of hydrogen-bond donors (Lipinski definition) is 0. The number of allylic oxidation sites excluding steroid dienone is 7. The van der Waals surface area contributed by atoms with Crippen LogP contribution in [0.1, 0.15) is 92.4 Å². The Balaban J connectivity index is 0.00000371. The molecule has 5 nitrogen and oxygen atoms in total. The lowest BCUT2D eigenvalue weighted by atomic mass is 9.96. The van der Waals surface area contributed by atoms with Crippen LogP contribution in [0.5, 0.6) is 0 Å². The lowest BCUT2D eigenvalue weighted by molar-refractivity contribution is 0.181. The van der Waals surface area contributed by atoms with E-state index in [9.17, 15) is 0 Å². The van der Waals surface area contributed by atoms with E-state index < -0.39 is 0 Å². The average Bonchev–Trinajstić information content (AvgIpc) is 3.34. The van der Waals surface area contributed by atoms with Crippen molar-refractivity contribution in [2.24, 2.45) is 21.8 Å². The summed E-state index contributed by atoms with van der Waals surface area (Å²) in [5, 5.41) is 0. The Labute approximate surface area is 240 Å². The minimum absolute atomic E-state index is 0.653. The highest BCUT2D eigenvalue weighted by Gasteiger charge is 2.20. The van der Waals surface area contributed by atoms with Crippen LogP contribution in [0.3, 0.4) is 0 Å². The first kappa shape index (κ1) is 34.6. The molecule has 220 valence electrons. The van der Waals surface area contributed by atoms with Crippen LogP contribution in [0.2, 0.25) is 0 Å². The summed E-state index contributed by atoms with van der Waals surface area (Å²) in [6, 6.07) is 0. The molecule has 0 bridgehead atoms. The predicted molar refractivity (Wildman–Crippen MR) is 171 cm³/mol. The van der Waals surface area contributed by atoms with Gasteiger partial charge in [-0.15, -0.1) is 0 Å². The molecule has 2 aliphatic heterocycles. The fraction of sp³-hybridized carbons (Fsp3) is 0.647. The highest BCUT2D eigenvalue weighted by Crippen LogP contribution is 2.22. The summed E-state index contributed by atoms with van der Waals surface area (Å²) < 4.78 is 11.5. The number of likely N-dealkylation sites (tertiary alicyclic amines) is 1. The van der Waals surface area contributed by atoms with E-state index in [2.05, 4.69) is 65.2 Å². The Morgan fingerprint density at radius 2 is 2.00 bits per heavy atom. The number of methoxy groups -OCH3 is 1. The minimum Gasteiger partial charge on any atom is -0.501 e. The standard InChI is InChI=1S/C32H51N3O2.C2H6/c1-5-8-10-17-30(27-37-26-28(7-3)15-9-6-2)18-12-11-16-29-19-13-23-35(24-20-29)25-31-32(36-4)34-22-14-21-33-31;1-2/h5,8,10-12,14,17,22,27-29H,6-7,9,13,15-16,18-21,23-26H2,1-4H3;1-2H3/b8-5-,12-11+,17-10-,30-27-;. The maximum Gasteiger partial charge on any atom is 0.236 e. The molecule has 0 saturated carbocycles. The summed E-state index contributed by atoms with van der Waals surface area (Å²) in [7, 11) is 1.68. The second-order valence-electron chi connectivity index (χ2n) is 10.1. The third kappa shape index (κ3) is 15.7. The van der Waals surface area contributed by atoms with Crippen LogP contribution in [0.15, 0.2) is 70.6 Å². The molecule has 0 amide bonds. The molecule has 0 spiro atoms. The Kier molecular flexibility index (Phi) is 20.9. The number of ether oxygens (including phenoxy) is 2. The van der Waals surface area contributed by atoms with Crippen molar-refractivity contribution in [3.63, 3.8) is 0 Å². The van der Waals surface area contributed by atoms with E-state index in [1.807, 2.05) is 33.1 Å². The van der Waals surface area contributed by atoms with Crippen LogP contribution in [-0.4, -0.2) is 56.4 Å². The van der Waals surface area contributed by atoms with Crippen LogP contribution >= 0.6 is 0 Å². The fourth-order valence-electron chi connectivity index (χ4n) is 4.73. The molecule has 1 saturated heterocycles. The largest absolute Gasteiger partial charge is 0.501 e. The Morgan fingerprint density at radius 3 is 2.74 bits per heavy atom. The van der Waals surface area contributed by atoms with Crippen LogP contribution in [-0.2, 0) is 9.47 Å². The van der Waals surface area contributed by atoms with Crippen LogP contribution in [0.25, 0.3) is 0 Å². The summed E-state index contributed by atoms with van der Waals surface area (Å²) in [4.78, 5) is 11.6. The molecule has 0 N–H and O–H groups in total. The van der Waals surface area contributed by atoms with E-state index in [1.54, 1.807) is 13.3 Å². The Hall–Kier alpha value is -2.40. The molecule has 5 heteroatoms. The molecule has 2 heterocycles. The van der Waals surface area contributed by atoms with Gasteiger partial charge in [-0.3, -0.25) is 9.89 Å². The fourth-order valence-corrected chi connectivity index (χ4v) is 4.73. The summed E-state index contributed by atoms with van der Waals surface area (Å²) >= 11 is 0. The zero-order valence-electron chi connectivity index (χ0n) is 25.9. The molecule has 2 atom stereocenters. The van der Waals surface area contributed by atoms with Gasteiger partial charge in [0, 0.05) is 12.7 Å². The van der Waals surface area contributed by atoms with E-state index in [1.165, 1.54) is 50.5 Å². The highest BCUT2D eigenvalue weighted by atomic mass is 16.5. The van der Waals surface area contributed by atoms with Crippen LogP contribution in [0.4, 0.5) is 0 Å². The van der Waals surface area contributed by atoms with Crippen molar-refractivity contribution in [2.75, 3.05) is 39.9 Å². The molecule has 0 radical (unpaired) electrons. The maximum absolute atomic E-state index is 6.03. The zero-order valence-corrected chi connectivity index (χ0v) is 25.9. The third-order valence-corrected chi connectivity index (χ3v) is 7.15. The van der Waals surface area contributed by atoms with Gasteiger partial charge in [0.2, 0.25) is 5.90 Å². The van der Waals surface area contributed by atoms with Crippen LogP contribution < -0.4 is 0 Å². The topological polar surface area (TPSA) is 46.4 Å². The monoisotopic (exact) mass is 539 g/mol. The van der Waals surface area contributed by atoms with E-state index in [-0.39, 0.29) is 0 Å². The van der Waals surface area contributed by atoms with Gasteiger partial charge in [0.25, 0.3) is 0 Å². The lowest BCUT2D eigenvalue weighted by Crippen LogP contribution is -2.35. The van der Waals surface area contributed by atoms with E-state index in [0.29, 0.717) is 18.4 Å². The van der Waals surface area contributed by atoms with Gasteiger partial charge in [-0.25, -0.2) is 4.99 Å². The maximum atomic E-state index is 6.03.